The van der Waals surface area contributed by atoms with E-state index in [0.717, 1.165) is 12.1 Å². The van der Waals surface area contributed by atoms with Gasteiger partial charge in [0.1, 0.15) is 0 Å². The number of benzene rings is 1. The van der Waals surface area contributed by atoms with Crippen LogP contribution in [0.25, 0.3) is 0 Å². The quantitative estimate of drug-likeness (QED) is 0.867. The van der Waals surface area contributed by atoms with Crippen molar-refractivity contribution in [2.24, 2.45) is 5.73 Å². The molecule has 1 rings (SSSR count). The number of alkyl halides is 3. The van der Waals surface area contributed by atoms with Crippen LogP contribution in [0, 0.1) is 0 Å². The van der Waals surface area contributed by atoms with E-state index in [-0.39, 0.29) is 13.0 Å². The van der Waals surface area contributed by atoms with Crippen molar-refractivity contribution in [3.8, 4) is 0 Å². The molecule has 0 radical (unpaired) electrons. The number of nitrogens with two attached hydrogens (primary N) is 1. The summed E-state index contributed by atoms with van der Waals surface area (Å²) in [6.07, 6.45) is -4.63. The monoisotopic (exact) mass is 295 g/mol. The largest absolute Gasteiger partial charge is 0.466 e. The summed E-state index contributed by atoms with van der Waals surface area (Å²) in [6, 6.07) is 2.43. The van der Waals surface area contributed by atoms with E-state index in [0.29, 0.717) is 5.56 Å². The molecule has 7 heteroatoms. The van der Waals surface area contributed by atoms with Gasteiger partial charge in [0.2, 0.25) is 0 Å². The van der Waals surface area contributed by atoms with Crippen LogP contribution in [0.4, 0.5) is 13.2 Å². The second-order valence-corrected chi connectivity index (χ2v) is 4.26. The molecule has 3 nitrogen and oxygen atoms in total. The molecule has 0 aliphatic rings. The molecule has 2 N–H and O–H groups in total. The van der Waals surface area contributed by atoms with Crippen LogP contribution in [0.3, 0.4) is 0 Å². The summed E-state index contributed by atoms with van der Waals surface area (Å²) in [4.78, 5) is 11.2. The van der Waals surface area contributed by atoms with Gasteiger partial charge in [0, 0.05) is 6.04 Å². The van der Waals surface area contributed by atoms with Gasteiger partial charge in [0.25, 0.3) is 0 Å². The van der Waals surface area contributed by atoms with E-state index in [1.807, 2.05) is 0 Å². The first kappa shape index (κ1) is 15.8. The highest BCUT2D eigenvalue weighted by atomic mass is 35.5. The van der Waals surface area contributed by atoms with Gasteiger partial charge in [-0.1, -0.05) is 17.7 Å². The Labute approximate surface area is 113 Å². The van der Waals surface area contributed by atoms with Crippen LogP contribution in [-0.2, 0) is 15.7 Å². The second kappa shape index (κ2) is 6.25. The van der Waals surface area contributed by atoms with Gasteiger partial charge < -0.3 is 10.5 Å². The molecule has 1 atom stereocenters. The molecule has 106 valence electrons. The molecular weight excluding hydrogens is 283 g/mol. The van der Waals surface area contributed by atoms with Crippen LogP contribution in [0.15, 0.2) is 18.2 Å². The average Bonchev–Trinajstić information content (AvgIpc) is 2.27. The van der Waals surface area contributed by atoms with Gasteiger partial charge in [-0.25, -0.2) is 0 Å². The normalized spacial score (nSPS) is 13.2. The smallest absolute Gasteiger partial charge is 0.417 e. The molecule has 1 aromatic carbocycles. The van der Waals surface area contributed by atoms with Crippen LogP contribution >= 0.6 is 11.6 Å². The lowest BCUT2D eigenvalue weighted by Crippen LogP contribution is -2.17. The highest BCUT2D eigenvalue weighted by Crippen LogP contribution is 2.35. The molecule has 0 saturated heterocycles. The standard InChI is InChI=1S/C12H13ClF3NO2/c1-2-19-11(18)6-10(17)7-3-4-8(9(13)5-7)12(14,15)16/h3-5,10H,2,6,17H2,1H3/t10-/m0/s1. The van der Waals surface area contributed by atoms with Gasteiger partial charge in [-0.15, -0.1) is 0 Å². The van der Waals surface area contributed by atoms with E-state index in [2.05, 4.69) is 0 Å². The fourth-order valence-corrected chi connectivity index (χ4v) is 1.81. The fourth-order valence-electron chi connectivity index (χ4n) is 1.51. The number of hydrogen-bond acceptors (Lipinski definition) is 3. The Balaban J connectivity index is 2.86. The van der Waals surface area contributed by atoms with E-state index < -0.39 is 28.8 Å². The van der Waals surface area contributed by atoms with Crippen molar-refractivity contribution in [1.29, 1.82) is 0 Å². The Bertz CT molecular complexity index is 463. The molecule has 0 heterocycles. The summed E-state index contributed by atoms with van der Waals surface area (Å²) >= 11 is 5.56. The summed E-state index contributed by atoms with van der Waals surface area (Å²) < 4.78 is 42.2. The first-order valence-corrected chi connectivity index (χ1v) is 5.91. The molecule has 0 aromatic heterocycles. The Morgan fingerprint density at radius 3 is 2.58 bits per heavy atom. The van der Waals surface area contributed by atoms with Crippen molar-refractivity contribution >= 4 is 17.6 Å². The van der Waals surface area contributed by atoms with Crippen molar-refractivity contribution in [1.82, 2.24) is 0 Å². The average molecular weight is 296 g/mol. The van der Waals surface area contributed by atoms with Gasteiger partial charge in [-0.2, -0.15) is 13.2 Å². The topological polar surface area (TPSA) is 52.3 Å². The lowest BCUT2D eigenvalue weighted by Gasteiger charge is -2.14. The number of hydrogen-bond donors (Lipinski definition) is 1. The number of esters is 1. The van der Waals surface area contributed by atoms with E-state index in [4.69, 9.17) is 22.1 Å². The van der Waals surface area contributed by atoms with Gasteiger partial charge in [-0.3, -0.25) is 4.79 Å². The maximum absolute atomic E-state index is 12.5. The van der Waals surface area contributed by atoms with Gasteiger partial charge >= 0.3 is 12.1 Å². The first-order chi connectivity index (χ1) is 8.75. The summed E-state index contributed by atoms with van der Waals surface area (Å²) in [5.74, 6) is -0.508. The third kappa shape index (κ3) is 4.40. The van der Waals surface area contributed by atoms with E-state index in [9.17, 15) is 18.0 Å². The highest BCUT2D eigenvalue weighted by Gasteiger charge is 2.33. The molecule has 0 amide bonds. The Morgan fingerprint density at radius 2 is 2.11 bits per heavy atom. The highest BCUT2D eigenvalue weighted by molar-refractivity contribution is 6.31. The van der Waals surface area contributed by atoms with Crippen LogP contribution in [0.2, 0.25) is 5.02 Å². The van der Waals surface area contributed by atoms with Crippen molar-refractivity contribution in [2.75, 3.05) is 6.61 Å². The van der Waals surface area contributed by atoms with Gasteiger partial charge in [0.15, 0.2) is 0 Å². The predicted octanol–water partition coefficient (Wildman–Crippen LogP) is 3.31. The minimum absolute atomic E-state index is 0.116. The predicted molar refractivity (Wildman–Crippen MR) is 64.6 cm³/mol. The van der Waals surface area contributed by atoms with Crippen LogP contribution < -0.4 is 5.73 Å². The third-order valence-electron chi connectivity index (χ3n) is 2.42. The minimum atomic E-state index is -4.51. The van der Waals surface area contributed by atoms with Gasteiger partial charge in [0.05, 0.1) is 23.6 Å². The van der Waals surface area contributed by atoms with Crippen molar-refractivity contribution < 1.29 is 22.7 Å². The summed E-state index contributed by atoms with van der Waals surface area (Å²) in [7, 11) is 0. The van der Waals surface area contributed by atoms with Crippen molar-refractivity contribution in [3.63, 3.8) is 0 Å². The molecule has 0 fully saturated rings. The SMILES string of the molecule is CCOC(=O)C[C@H](N)c1ccc(C(F)(F)F)c(Cl)c1. The van der Waals surface area contributed by atoms with Gasteiger partial charge in [-0.05, 0) is 24.6 Å². The molecule has 19 heavy (non-hydrogen) atoms. The number of halogens is 4. The van der Waals surface area contributed by atoms with Crippen LogP contribution in [0.5, 0.6) is 0 Å². The molecule has 1 aromatic rings. The van der Waals surface area contributed by atoms with E-state index in [1.165, 1.54) is 6.07 Å². The molecule has 0 unspecified atom stereocenters. The Kier molecular flexibility index (Phi) is 5.20. The summed E-state index contributed by atoms with van der Waals surface area (Å²) in [5, 5.41) is -0.440. The first-order valence-electron chi connectivity index (χ1n) is 5.53. The van der Waals surface area contributed by atoms with Crippen LogP contribution in [-0.4, -0.2) is 12.6 Å². The zero-order chi connectivity index (χ0) is 14.6. The number of carbonyl (C=O) groups is 1. The minimum Gasteiger partial charge on any atom is -0.466 e. The zero-order valence-electron chi connectivity index (χ0n) is 10.1. The molecule has 0 bridgehead atoms. The second-order valence-electron chi connectivity index (χ2n) is 3.85. The lowest BCUT2D eigenvalue weighted by atomic mass is 10.0. The number of carbonyl (C=O) groups excluding carboxylic acids is 1. The summed E-state index contributed by atoms with van der Waals surface area (Å²) in [6.45, 7) is 1.87. The molecule has 0 aliphatic heterocycles. The maximum atomic E-state index is 12.5. The molecule has 0 spiro atoms. The summed E-state index contributed by atoms with van der Waals surface area (Å²) in [5.41, 5.74) is 5.14. The fraction of sp³-hybridized carbons (Fsp3) is 0.417. The van der Waals surface area contributed by atoms with E-state index >= 15 is 0 Å². The van der Waals surface area contributed by atoms with Crippen molar-refractivity contribution in [3.05, 3.63) is 34.3 Å². The number of ether oxygens (including phenoxy) is 1. The Morgan fingerprint density at radius 1 is 1.47 bits per heavy atom. The molecular formula is C12H13ClF3NO2. The number of rotatable bonds is 4. The molecule has 0 aliphatic carbocycles. The Hall–Kier alpha value is -1.27. The zero-order valence-corrected chi connectivity index (χ0v) is 10.9. The molecule has 0 saturated carbocycles. The third-order valence-corrected chi connectivity index (χ3v) is 2.73. The lowest BCUT2D eigenvalue weighted by molar-refractivity contribution is -0.143. The maximum Gasteiger partial charge on any atom is 0.417 e. The van der Waals surface area contributed by atoms with E-state index in [1.54, 1.807) is 6.92 Å². The van der Waals surface area contributed by atoms with Crippen LogP contribution in [0.1, 0.15) is 30.5 Å². The van der Waals surface area contributed by atoms with Crippen molar-refractivity contribution in [2.45, 2.75) is 25.6 Å².